The SMILES string of the molecule is CC(C)(C)NC(=O)c1ccc(C(CCCc2ccc(F)cc2)c2c[nH]cn2)cc1.CC(C)(C)NC(=O)c1ccc(C(O)(CCCc2ccc(F)cc2)c2cncn2Cc2ccccc2)cc1. The molecule has 0 aliphatic carbocycles. The summed E-state index contributed by atoms with van der Waals surface area (Å²) >= 11 is 0. The summed E-state index contributed by atoms with van der Waals surface area (Å²) in [6.45, 7) is 12.3. The van der Waals surface area contributed by atoms with Crippen LogP contribution in [0, 0.1) is 11.6 Å². The summed E-state index contributed by atoms with van der Waals surface area (Å²) in [4.78, 5) is 36.9. The monoisotopic (exact) mass is 892 g/mol. The first kappa shape index (κ1) is 48.7. The molecule has 7 aromatic rings. The average molecular weight is 893 g/mol. The summed E-state index contributed by atoms with van der Waals surface area (Å²) in [6.07, 6.45) is 11.6. The van der Waals surface area contributed by atoms with E-state index in [4.69, 9.17) is 0 Å². The van der Waals surface area contributed by atoms with Crippen molar-refractivity contribution in [3.63, 3.8) is 0 Å². The van der Waals surface area contributed by atoms with Gasteiger partial charge in [-0.2, -0.15) is 0 Å². The Labute approximate surface area is 387 Å². The van der Waals surface area contributed by atoms with Crippen molar-refractivity contribution in [3.8, 4) is 0 Å². The number of benzene rings is 5. The number of halogens is 2. The van der Waals surface area contributed by atoms with Gasteiger partial charge in [-0.3, -0.25) is 9.59 Å². The minimum absolute atomic E-state index is 0.0725. The fourth-order valence-corrected chi connectivity index (χ4v) is 7.89. The van der Waals surface area contributed by atoms with Crippen LogP contribution < -0.4 is 10.6 Å². The third-order valence-electron chi connectivity index (χ3n) is 11.2. The molecule has 0 bridgehead atoms. The minimum Gasteiger partial charge on any atom is -0.379 e. The largest absolute Gasteiger partial charge is 0.379 e. The molecule has 0 saturated carbocycles. The van der Waals surface area contributed by atoms with E-state index in [-0.39, 0.29) is 40.4 Å². The molecule has 2 atom stereocenters. The average Bonchev–Trinajstić information content (AvgIpc) is 4.00. The highest BCUT2D eigenvalue weighted by atomic mass is 19.1. The van der Waals surface area contributed by atoms with Crippen molar-refractivity contribution >= 4 is 11.8 Å². The van der Waals surface area contributed by atoms with Crippen molar-refractivity contribution in [1.29, 1.82) is 0 Å². The van der Waals surface area contributed by atoms with E-state index >= 15 is 0 Å². The molecule has 0 radical (unpaired) electrons. The van der Waals surface area contributed by atoms with E-state index in [1.54, 1.807) is 43.1 Å². The summed E-state index contributed by atoms with van der Waals surface area (Å²) in [5.41, 5.74) is 5.96. The lowest BCUT2D eigenvalue weighted by Crippen LogP contribution is -2.40. The molecule has 0 saturated heterocycles. The number of carbonyl (C=O) groups excluding carboxylic acids is 2. The van der Waals surface area contributed by atoms with E-state index < -0.39 is 5.60 Å². The van der Waals surface area contributed by atoms with Crippen LogP contribution in [0.2, 0.25) is 0 Å². The summed E-state index contributed by atoms with van der Waals surface area (Å²) in [5.74, 6) is -0.564. The standard InChI is InChI=1S/C31H34FN3O2.C24H28FN3O/c1-30(2,3)34-29(36)25-13-15-26(16-14-25)31(37,19-7-10-23-11-17-27(32)18-12-23)28-20-33-22-35(28)21-24-8-5-4-6-9-24;1-24(2,3)28-23(29)19-11-9-18(10-12-19)21(22-15-26-16-27-22)6-4-5-17-7-13-20(25)14-8-17/h4-6,8-9,11-18,20,22,37H,7,10,19,21H2,1-3H3,(H,34,36);7-16,21H,4-6H2,1-3H3,(H,26,27)(H,28,29). The van der Waals surface area contributed by atoms with Crippen molar-refractivity contribution in [2.24, 2.45) is 0 Å². The molecule has 344 valence electrons. The van der Waals surface area contributed by atoms with Crippen LogP contribution in [0.5, 0.6) is 0 Å². The number of imidazole rings is 2. The number of aromatic nitrogens is 4. The summed E-state index contributed by atoms with van der Waals surface area (Å²) in [5, 5.41) is 18.2. The van der Waals surface area contributed by atoms with Gasteiger partial charge in [-0.1, -0.05) is 78.9 Å². The molecule has 0 fully saturated rings. The minimum atomic E-state index is -1.33. The van der Waals surface area contributed by atoms with Crippen LogP contribution in [-0.4, -0.2) is 47.5 Å². The number of hydrogen-bond acceptors (Lipinski definition) is 5. The molecule has 2 heterocycles. The van der Waals surface area contributed by atoms with E-state index in [0.29, 0.717) is 48.2 Å². The lowest BCUT2D eigenvalue weighted by atomic mass is 9.84. The zero-order valence-electron chi connectivity index (χ0n) is 38.8. The normalized spacial score (nSPS) is 12.9. The number of nitrogens with one attached hydrogen (secondary N) is 3. The molecule has 4 N–H and O–H groups in total. The Kier molecular flexibility index (Phi) is 16.2. The van der Waals surface area contributed by atoms with Crippen molar-refractivity contribution in [1.82, 2.24) is 30.2 Å². The molecule has 2 aromatic heterocycles. The van der Waals surface area contributed by atoms with Crippen molar-refractivity contribution in [2.45, 2.75) is 109 Å². The quantitative estimate of drug-likeness (QED) is 0.0769. The van der Waals surface area contributed by atoms with E-state index in [1.165, 1.54) is 24.3 Å². The van der Waals surface area contributed by atoms with E-state index in [2.05, 4.69) is 25.6 Å². The number of aromatic amines is 1. The highest BCUT2D eigenvalue weighted by Gasteiger charge is 2.35. The molecule has 2 amide bonds. The van der Waals surface area contributed by atoms with Crippen LogP contribution in [0.25, 0.3) is 0 Å². The third-order valence-corrected chi connectivity index (χ3v) is 11.2. The Bertz CT molecular complexity index is 2580. The lowest BCUT2D eigenvalue weighted by molar-refractivity contribution is 0.0606. The second-order valence-corrected chi connectivity index (χ2v) is 18.9. The van der Waals surface area contributed by atoms with Crippen LogP contribution in [-0.2, 0) is 25.0 Å². The van der Waals surface area contributed by atoms with Gasteiger partial charge in [0.2, 0.25) is 0 Å². The van der Waals surface area contributed by atoms with Gasteiger partial charge in [0.05, 0.1) is 30.2 Å². The highest BCUT2D eigenvalue weighted by Crippen LogP contribution is 2.36. The molecule has 5 aromatic carbocycles. The van der Waals surface area contributed by atoms with Gasteiger partial charge in [0, 0.05) is 40.9 Å². The van der Waals surface area contributed by atoms with Gasteiger partial charge < -0.3 is 25.3 Å². The molecule has 0 aliphatic rings. The molecule has 0 spiro atoms. The van der Waals surface area contributed by atoms with E-state index in [1.807, 2.05) is 131 Å². The molecule has 66 heavy (non-hydrogen) atoms. The predicted molar refractivity (Wildman–Crippen MR) is 257 cm³/mol. The molecule has 0 aliphatic heterocycles. The number of aliphatic hydroxyl groups is 1. The molecular formula is C55H62F2N6O3. The van der Waals surface area contributed by atoms with Gasteiger partial charge in [-0.15, -0.1) is 0 Å². The smallest absolute Gasteiger partial charge is 0.251 e. The van der Waals surface area contributed by atoms with Crippen molar-refractivity contribution in [3.05, 3.63) is 214 Å². The van der Waals surface area contributed by atoms with Gasteiger partial charge in [-0.05, 0) is 156 Å². The van der Waals surface area contributed by atoms with Crippen LogP contribution >= 0.6 is 0 Å². The maximum absolute atomic E-state index is 13.3. The highest BCUT2D eigenvalue weighted by molar-refractivity contribution is 5.95. The molecule has 11 heteroatoms. The van der Waals surface area contributed by atoms with E-state index in [9.17, 15) is 23.5 Å². The van der Waals surface area contributed by atoms with Crippen LogP contribution in [0.1, 0.15) is 133 Å². The van der Waals surface area contributed by atoms with Gasteiger partial charge in [0.25, 0.3) is 11.8 Å². The Balaban J connectivity index is 0.000000225. The number of H-pyrrole nitrogens is 1. The summed E-state index contributed by atoms with van der Waals surface area (Å²) in [6, 6.07) is 38.1. The van der Waals surface area contributed by atoms with Gasteiger partial charge in [0.1, 0.15) is 17.2 Å². The maximum Gasteiger partial charge on any atom is 0.251 e. The van der Waals surface area contributed by atoms with Crippen LogP contribution in [0.15, 0.2) is 152 Å². The number of nitrogens with zero attached hydrogens (tertiary/aromatic N) is 3. The Hall–Kier alpha value is -6.72. The zero-order chi connectivity index (χ0) is 47.3. The Morgan fingerprint density at radius 3 is 1.73 bits per heavy atom. The molecule has 2 unspecified atom stereocenters. The van der Waals surface area contributed by atoms with E-state index in [0.717, 1.165) is 47.2 Å². The molecular weight excluding hydrogens is 831 g/mol. The third kappa shape index (κ3) is 14.1. The van der Waals surface area contributed by atoms with Gasteiger partial charge in [-0.25, -0.2) is 18.7 Å². The Morgan fingerprint density at radius 2 is 1.21 bits per heavy atom. The summed E-state index contributed by atoms with van der Waals surface area (Å²) < 4.78 is 28.4. The van der Waals surface area contributed by atoms with Gasteiger partial charge in [0.15, 0.2) is 0 Å². The van der Waals surface area contributed by atoms with Gasteiger partial charge >= 0.3 is 0 Å². The first-order valence-electron chi connectivity index (χ1n) is 22.6. The number of hydrogen-bond donors (Lipinski definition) is 4. The molecule has 7 rings (SSSR count). The molecule has 9 nitrogen and oxygen atoms in total. The second-order valence-electron chi connectivity index (χ2n) is 18.9. The first-order valence-corrected chi connectivity index (χ1v) is 22.6. The van der Waals surface area contributed by atoms with Crippen molar-refractivity contribution < 1.29 is 23.5 Å². The zero-order valence-corrected chi connectivity index (χ0v) is 38.8. The fraction of sp³-hybridized carbons (Fsp3) is 0.309. The topological polar surface area (TPSA) is 125 Å². The lowest BCUT2D eigenvalue weighted by Gasteiger charge is -2.30. The predicted octanol–water partition coefficient (Wildman–Crippen LogP) is 11.1. The van der Waals surface area contributed by atoms with Crippen molar-refractivity contribution in [2.75, 3.05) is 0 Å². The number of aryl methyl sites for hydroxylation is 2. The number of rotatable bonds is 16. The second kappa shape index (κ2) is 22.0. The number of carbonyl (C=O) groups is 2. The first-order chi connectivity index (χ1) is 31.5. The summed E-state index contributed by atoms with van der Waals surface area (Å²) in [7, 11) is 0. The Morgan fingerprint density at radius 1 is 0.682 bits per heavy atom. The van der Waals surface area contributed by atoms with Crippen LogP contribution in [0.3, 0.4) is 0 Å². The number of amides is 2. The maximum atomic E-state index is 13.3. The van der Waals surface area contributed by atoms with Crippen LogP contribution in [0.4, 0.5) is 8.78 Å². The fourth-order valence-electron chi connectivity index (χ4n) is 7.89.